The molecule has 0 unspecified atom stereocenters. The van der Waals surface area contributed by atoms with Crippen molar-refractivity contribution < 1.29 is 4.79 Å². The summed E-state index contributed by atoms with van der Waals surface area (Å²) in [6, 6.07) is 11.6. The largest absolute Gasteiger partial charge is 0.380 e. The smallest absolute Gasteiger partial charge is 0.251 e. The molecule has 3 aromatic rings. The number of thiophene rings is 1. The van der Waals surface area contributed by atoms with Crippen LogP contribution in [0.4, 0.5) is 5.69 Å². The Labute approximate surface area is 145 Å². The molecule has 5 nitrogen and oxygen atoms in total. The third-order valence-electron chi connectivity index (χ3n) is 3.74. The van der Waals surface area contributed by atoms with Gasteiger partial charge in [0.15, 0.2) is 0 Å². The first-order valence-corrected chi connectivity index (χ1v) is 8.66. The summed E-state index contributed by atoms with van der Waals surface area (Å²) in [6.07, 6.45) is 0. The Bertz CT molecular complexity index is 837. The number of aryl methyl sites for hydroxylation is 2. The molecule has 0 saturated carbocycles. The van der Waals surface area contributed by atoms with Crippen molar-refractivity contribution >= 4 is 22.9 Å². The zero-order valence-corrected chi connectivity index (χ0v) is 14.5. The highest BCUT2D eigenvalue weighted by Gasteiger charge is 2.07. The van der Waals surface area contributed by atoms with Crippen LogP contribution in [-0.2, 0) is 13.1 Å². The van der Waals surface area contributed by atoms with Crippen LogP contribution >= 0.6 is 11.3 Å². The van der Waals surface area contributed by atoms with Gasteiger partial charge in [-0.25, -0.2) is 0 Å². The minimum Gasteiger partial charge on any atom is -0.380 e. The van der Waals surface area contributed by atoms with Crippen molar-refractivity contribution in [3.63, 3.8) is 0 Å². The van der Waals surface area contributed by atoms with Crippen LogP contribution in [0.2, 0.25) is 0 Å². The fraction of sp³-hybridized carbons (Fsp3) is 0.222. The molecule has 0 aliphatic heterocycles. The lowest BCUT2D eigenvalue weighted by molar-refractivity contribution is 0.0950. The van der Waals surface area contributed by atoms with E-state index in [1.807, 2.05) is 37.3 Å². The van der Waals surface area contributed by atoms with Gasteiger partial charge in [0.25, 0.3) is 5.91 Å². The third kappa shape index (κ3) is 4.02. The van der Waals surface area contributed by atoms with E-state index < -0.39 is 0 Å². The summed E-state index contributed by atoms with van der Waals surface area (Å²) in [5.41, 5.74) is 4.66. The number of rotatable bonds is 6. The molecule has 3 N–H and O–H groups in total. The van der Waals surface area contributed by atoms with E-state index in [4.69, 9.17) is 0 Å². The number of benzene rings is 1. The van der Waals surface area contributed by atoms with E-state index in [9.17, 15) is 4.79 Å². The maximum absolute atomic E-state index is 12.3. The van der Waals surface area contributed by atoms with Crippen molar-refractivity contribution in [2.75, 3.05) is 5.32 Å². The SMILES string of the molecule is Cc1cc(CNC(=O)c2cccc(NCc3sccc3C)c2)n[nH]1. The van der Waals surface area contributed by atoms with Crippen LogP contribution in [0.5, 0.6) is 0 Å². The molecule has 2 heterocycles. The Kier molecular flexibility index (Phi) is 4.96. The zero-order valence-electron chi connectivity index (χ0n) is 13.7. The number of nitrogens with one attached hydrogen (secondary N) is 3. The molecule has 1 amide bonds. The molecule has 0 aliphatic carbocycles. The molecule has 0 spiro atoms. The van der Waals surface area contributed by atoms with Gasteiger partial charge in [-0.3, -0.25) is 9.89 Å². The summed E-state index contributed by atoms with van der Waals surface area (Å²) in [6.45, 7) is 5.22. The molecule has 0 fully saturated rings. The lowest BCUT2D eigenvalue weighted by atomic mass is 10.2. The van der Waals surface area contributed by atoms with E-state index in [1.54, 1.807) is 11.3 Å². The normalized spacial score (nSPS) is 10.6. The molecule has 0 saturated heterocycles. The fourth-order valence-corrected chi connectivity index (χ4v) is 3.22. The number of H-pyrrole nitrogens is 1. The molecule has 3 rings (SSSR count). The van der Waals surface area contributed by atoms with Crippen LogP contribution in [0.25, 0.3) is 0 Å². The Morgan fingerprint density at radius 2 is 2.08 bits per heavy atom. The molecule has 0 bridgehead atoms. The summed E-state index contributed by atoms with van der Waals surface area (Å²) < 4.78 is 0. The maximum Gasteiger partial charge on any atom is 0.251 e. The Morgan fingerprint density at radius 1 is 1.21 bits per heavy atom. The van der Waals surface area contributed by atoms with Crippen molar-refractivity contribution in [3.8, 4) is 0 Å². The molecule has 2 aromatic heterocycles. The van der Waals surface area contributed by atoms with Crippen LogP contribution in [0, 0.1) is 13.8 Å². The molecule has 6 heteroatoms. The van der Waals surface area contributed by atoms with Crippen molar-refractivity contribution in [3.05, 3.63) is 69.2 Å². The number of nitrogens with zero attached hydrogens (tertiary/aromatic N) is 1. The molecular formula is C18H20N4OS. The van der Waals surface area contributed by atoms with Crippen molar-refractivity contribution in [2.45, 2.75) is 26.9 Å². The standard InChI is InChI=1S/C18H20N4OS/c1-12-6-7-24-17(12)11-19-15-5-3-4-14(9-15)18(23)20-10-16-8-13(2)21-22-16/h3-9,19H,10-11H2,1-2H3,(H,20,23)(H,21,22). The van der Waals surface area contributed by atoms with E-state index in [-0.39, 0.29) is 5.91 Å². The molecule has 1 aromatic carbocycles. The van der Waals surface area contributed by atoms with Gasteiger partial charge in [-0.15, -0.1) is 11.3 Å². The van der Waals surface area contributed by atoms with Gasteiger partial charge in [0, 0.05) is 28.4 Å². The van der Waals surface area contributed by atoms with Crippen molar-refractivity contribution in [1.29, 1.82) is 0 Å². The van der Waals surface area contributed by atoms with Gasteiger partial charge in [-0.05, 0) is 55.1 Å². The van der Waals surface area contributed by atoms with Gasteiger partial charge in [0.1, 0.15) is 0 Å². The Balaban J connectivity index is 1.59. The van der Waals surface area contributed by atoms with Gasteiger partial charge < -0.3 is 10.6 Å². The number of anilines is 1. The highest BCUT2D eigenvalue weighted by atomic mass is 32.1. The van der Waals surface area contributed by atoms with E-state index >= 15 is 0 Å². The van der Waals surface area contributed by atoms with Gasteiger partial charge in [-0.2, -0.15) is 5.10 Å². The molecule has 0 atom stereocenters. The van der Waals surface area contributed by atoms with Gasteiger partial charge in [-0.1, -0.05) is 6.07 Å². The van der Waals surface area contributed by atoms with Crippen LogP contribution in [0.1, 0.15) is 32.2 Å². The number of carbonyl (C=O) groups is 1. The average Bonchev–Trinajstić information content (AvgIpc) is 3.19. The minimum atomic E-state index is -0.105. The second-order valence-corrected chi connectivity index (χ2v) is 6.69. The average molecular weight is 340 g/mol. The highest BCUT2D eigenvalue weighted by molar-refractivity contribution is 7.10. The molecular weight excluding hydrogens is 320 g/mol. The summed E-state index contributed by atoms with van der Waals surface area (Å²) in [7, 11) is 0. The monoisotopic (exact) mass is 340 g/mol. The predicted molar refractivity (Wildman–Crippen MR) is 97.3 cm³/mol. The number of hydrogen-bond acceptors (Lipinski definition) is 4. The Hall–Kier alpha value is -2.60. The second kappa shape index (κ2) is 7.31. The second-order valence-electron chi connectivity index (χ2n) is 5.69. The van der Waals surface area contributed by atoms with E-state index in [0.29, 0.717) is 12.1 Å². The van der Waals surface area contributed by atoms with Gasteiger partial charge in [0.05, 0.1) is 12.2 Å². The third-order valence-corrected chi connectivity index (χ3v) is 4.76. The number of hydrogen-bond donors (Lipinski definition) is 3. The maximum atomic E-state index is 12.3. The quantitative estimate of drug-likeness (QED) is 0.642. The summed E-state index contributed by atoms with van der Waals surface area (Å²) in [5.74, 6) is -0.105. The van der Waals surface area contributed by atoms with Crippen LogP contribution in [-0.4, -0.2) is 16.1 Å². The molecule has 24 heavy (non-hydrogen) atoms. The number of aromatic nitrogens is 2. The fourth-order valence-electron chi connectivity index (χ4n) is 2.38. The van der Waals surface area contributed by atoms with Gasteiger partial charge in [0.2, 0.25) is 0 Å². The summed E-state index contributed by atoms with van der Waals surface area (Å²) >= 11 is 1.74. The van der Waals surface area contributed by atoms with Crippen LogP contribution < -0.4 is 10.6 Å². The van der Waals surface area contributed by atoms with E-state index in [2.05, 4.69) is 39.2 Å². The summed E-state index contributed by atoms with van der Waals surface area (Å²) in [5, 5.41) is 15.3. The van der Waals surface area contributed by atoms with Crippen LogP contribution in [0.15, 0.2) is 41.8 Å². The topological polar surface area (TPSA) is 69.8 Å². The number of carbonyl (C=O) groups excluding carboxylic acids is 1. The molecule has 0 aliphatic rings. The first kappa shape index (κ1) is 16.3. The first-order valence-electron chi connectivity index (χ1n) is 7.78. The lowest BCUT2D eigenvalue weighted by Crippen LogP contribution is -2.23. The molecule has 124 valence electrons. The highest BCUT2D eigenvalue weighted by Crippen LogP contribution is 2.18. The number of amides is 1. The Morgan fingerprint density at radius 3 is 2.79 bits per heavy atom. The lowest BCUT2D eigenvalue weighted by Gasteiger charge is -2.08. The molecule has 0 radical (unpaired) electrons. The van der Waals surface area contributed by atoms with E-state index in [0.717, 1.165) is 23.6 Å². The van der Waals surface area contributed by atoms with Crippen molar-refractivity contribution in [2.24, 2.45) is 0 Å². The van der Waals surface area contributed by atoms with Crippen molar-refractivity contribution in [1.82, 2.24) is 15.5 Å². The zero-order chi connectivity index (χ0) is 16.9. The van der Waals surface area contributed by atoms with E-state index in [1.165, 1.54) is 10.4 Å². The first-order chi connectivity index (χ1) is 11.6. The summed E-state index contributed by atoms with van der Waals surface area (Å²) in [4.78, 5) is 13.6. The van der Waals surface area contributed by atoms with Gasteiger partial charge >= 0.3 is 0 Å². The predicted octanol–water partition coefficient (Wildman–Crippen LogP) is 3.63. The van der Waals surface area contributed by atoms with Crippen LogP contribution in [0.3, 0.4) is 0 Å². The minimum absolute atomic E-state index is 0.105. The number of aromatic amines is 1.